The van der Waals surface area contributed by atoms with Gasteiger partial charge in [0.05, 0.1) is 0 Å². The summed E-state index contributed by atoms with van der Waals surface area (Å²) in [4.78, 5) is 0. The molecule has 0 fully saturated rings. The quantitative estimate of drug-likeness (QED) is 0.775. The lowest BCUT2D eigenvalue weighted by atomic mass is 10.2. The highest BCUT2D eigenvalue weighted by atomic mass is 16.5. The van der Waals surface area contributed by atoms with Crippen molar-refractivity contribution in [1.82, 2.24) is 0 Å². The predicted octanol–water partition coefficient (Wildman–Crippen LogP) is 3.57. The molecule has 2 N–H and O–H groups in total. The third-order valence-electron chi connectivity index (χ3n) is 2.66. The van der Waals surface area contributed by atoms with Crippen molar-refractivity contribution in [1.29, 1.82) is 0 Å². The molecule has 0 aliphatic heterocycles. The van der Waals surface area contributed by atoms with Gasteiger partial charge in [0, 0.05) is 23.9 Å². The van der Waals surface area contributed by atoms with Crippen LogP contribution in [0.3, 0.4) is 0 Å². The van der Waals surface area contributed by atoms with E-state index in [2.05, 4.69) is 11.9 Å². The average molecular weight is 255 g/mol. The van der Waals surface area contributed by atoms with Gasteiger partial charge in [-0.1, -0.05) is 36.9 Å². The second kappa shape index (κ2) is 6.50. The van der Waals surface area contributed by atoms with E-state index >= 15 is 0 Å². The molecule has 0 heterocycles. The van der Waals surface area contributed by atoms with Crippen LogP contribution < -0.4 is 10.1 Å². The molecule has 2 aromatic rings. The Bertz CT molecular complexity index is 552. The third kappa shape index (κ3) is 3.78. The maximum atomic E-state index is 9.41. The van der Waals surface area contributed by atoms with Crippen LogP contribution in [0.5, 0.6) is 11.5 Å². The Hall–Kier alpha value is -2.42. The molecule has 0 bridgehead atoms. The van der Waals surface area contributed by atoms with Gasteiger partial charge in [-0.15, -0.1) is 0 Å². The van der Waals surface area contributed by atoms with Crippen molar-refractivity contribution < 1.29 is 9.84 Å². The summed E-state index contributed by atoms with van der Waals surface area (Å²) in [6, 6.07) is 14.9. The first-order valence-corrected chi connectivity index (χ1v) is 6.14. The zero-order chi connectivity index (χ0) is 13.5. The molecule has 0 saturated carbocycles. The molecule has 0 aromatic heterocycles. The van der Waals surface area contributed by atoms with Gasteiger partial charge < -0.3 is 15.2 Å². The molecule has 3 nitrogen and oxygen atoms in total. The van der Waals surface area contributed by atoms with E-state index in [9.17, 15) is 5.11 Å². The fraction of sp³-hybridized carbons (Fsp3) is 0.125. The van der Waals surface area contributed by atoms with Crippen molar-refractivity contribution >= 4 is 5.69 Å². The first-order chi connectivity index (χ1) is 9.29. The molecule has 98 valence electrons. The Kier molecular flexibility index (Phi) is 4.45. The van der Waals surface area contributed by atoms with Crippen molar-refractivity contribution in [2.24, 2.45) is 0 Å². The van der Waals surface area contributed by atoms with Crippen LogP contribution in [0.1, 0.15) is 5.56 Å². The first-order valence-electron chi connectivity index (χ1n) is 6.14. The lowest BCUT2D eigenvalue weighted by Crippen LogP contribution is -2.03. The molecular formula is C16H17NO2. The number of nitrogens with one attached hydrogen (secondary N) is 1. The van der Waals surface area contributed by atoms with E-state index in [0.717, 1.165) is 17.0 Å². The molecule has 0 spiro atoms. The fourth-order valence-corrected chi connectivity index (χ4v) is 1.75. The van der Waals surface area contributed by atoms with Crippen LogP contribution in [-0.4, -0.2) is 11.7 Å². The SMILES string of the molecule is C=CCOc1ccccc1CNc1cccc(O)c1. The molecule has 0 atom stereocenters. The molecule has 0 radical (unpaired) electrons. The Labute approximate surface area is 113 Å². The molecule has 2 aromatic carbocycles. The number of hydrogen-bond acceptors (Lipinski definition) is 3. The number of rotatable bonds is 6. The predicted molar refractivity (Wildman–Crippen MR) is 77.6 cm³/mol. The molecule has 0 aliphatic rings. The van der Waals surface area contributed by atoms with Gasteiger partial charge in [0.2, 0.25) is 0 Å². The summed E-state index contributed by atoms with van der Waals surface area (Å²) in [5.41, 5.74) is 1.94. The van der Waals surface area contributed by atoms with Crippen LogP contribution in [0.2, 0.25) is 0 Å². The van der Waals surface area contributed by atoms with E-state index in [1.54, 1.807) is 24.3 Å². The van der Waals surface area contributed by atoms with Crippen molar-refractivity contribution in [2.45, 2.75) is 6.54 Å². The fourth-order valence-electron chi connectivity index (χ4n) is 1.75. The van der Waals surface area contributed by atoms with Gasteiger partial charge in [0.1, 0.15) is 18.1 Å². The Balaban J connectivity index is 2.04. The molecule has 0 amide bonds. The highest BCUT2D eigenvalue weighted by Crippen LogP contribution is 2.21. The van der Waals surface area contributed by atoms with Crippen LogP contribution >= 0.6 is 0 Å². The third-order valence-corrected chi connectivity index (χ3v) is 2.66. The summed E-state index contributed by atoms with van der Waals surface area (Å²) < 4.78 is 5.59. The van der Waals surface area contributed by atoms with Crippen LogP contribution in [0.25, 0.3) is 0 Å². The number of benzene rings is 2. The van der Waals surface area contributed by atoms with Gasteiger partial charge in [-0.05, 0) is 18.2 Å². The number of phenolic OH excluding ortho intramolecular Hbond substituents is 1. The lowest BCUT2D eigenvalue weighted by Gasteiger charge is -2.11. The van der Waals surface area contributed by atoms with E-state index in [-0.39, 0.29) is 5.75 Å². The molecule has 0 unspecified atom stereocenters. The summed E-state index contributed by atoms with van der Waals surface area (Å²) in [6.45, 7) is 4.77. The Morgan fingerprint density at radius 1 is 1.16 bits per heavy atom. The minimum Gasteiger partial charge on any atom is -0.508 e. The van der Waals surface area contributed by atoms with Crippen LogP contribution in [0.4, 0.5) is 5.69 Å². The van der Waals surface area contributed by atoms with E-state index in [0.29, 0.717) is 13.2 Å². The van der Waals surface area contributed by atoms with Crippen molar-refractivity contribution in [3.8, 4) is 11.5 Å². The Morgan fingerprint density at radius 2 is 2.00 bits per heavy atom. The van der Waals surface area contributed by atoms with Gasteiger partial charge in [0.15, 0.2) is 0 Å². The topological polar surface area (TPSA) is 41.5 Å². The summed E-state index contributed by atoms with van der Waals surface area (Å²) in [6.07, 6.45) is 1.72. The monoisotopic (exact) mass is 255 g/mol. The highest BCUT2D eigenvalue weighted by Gasteiger charge is 2.02. The Morgan fingerprint density at radius 3 is 2.79 bits per heavy atom. The van der Waals surface area contributed by atoms with Gasteiger partial charge in [-0.25, -0.2) is 0 Å². The van der Waals surface area contributed by atoms with Crippen molar-refractivity contribution in [2.75, 3.05) is 11.9 Å². The minimum atomic E-state index is 0.251. The lowest BCUT2D eigenvalue weighted by molar-refractivity contribution is 0.359. The molecule has 3 heteroatoms. The summed E-state index contributed by atoms with van der Waals surface area (Å²) in [7, 11) is 0. The molecule has 19 heavy (non-hydrogen) atoms. The van der Waals surface area contributed by atoms with Crippen molar-refractivity contribution in [3.63, 3.8) is 0 Å². The van der Waals surface area contributed by atoms with Crippen molar-refractivity contribution in [3.05, 3.63) is 66.7 Å². The summed E-state index contributed by atoms with van der Waals surface area (Å²) in [5.74, 6) is 1.09. The standard InChI is InChI=1S/C16H17NO2/c1-2-10-19-16-9-4-3-6-13(16)12-17-14-7-5-8-15(18)11-14/h2-9,11,17-18H,1,10,12H2. The largest absolute Gasteiger partial charge is 0.508 e. The van der Waals surface area contributed by atoms with Crippen LogP contribution in [0.15, 0.2) is 61.2 Å². The van der Waals surface area contributed by atoms with Crippen LogP contribution in [0, 0.1) is 0 Å². The number of aromatic hydroxyl groups is 1. The molecular weight excluding hydrogens is 238 g/mol. The zero-order valence-corrected chi connectivity index (χ0v) is 10.7. The maximum Gasteiger partial charge on any atom is 0.124 e. The zero-order valence-electron chi connectivity index (χ0n) is 10.7. The van der Waals surface area contributed by atoms with E-state index in [4.69, 9.17) is 4.74 Å². The molecule has 2 rings (SSSR count). The summed E-state index contributed by atoms with van der Waals surface area (Å²) >= 11 is 0. The second-order valence-electron chi connectivity index (χ2n) is 4.11. The minimum absolute atomic E-state index is 0.251. The van der Waals surface area contributed by atoms with E-state index in [1.807, 2.05) is 30.3 Å². The van der Waals surface area contributed by atoms with Crippen LogP contribution in [-0.2, 0) is 6.54 Å². The number of para-hydroxylation sites is 1. The number of phenols is 1. The van der Waals surface area contributed by atoms with Gasteiger partial charge in [-0.2, -0.15) is 0 Å². The smallest absolute Gasteiger partial charge is 0.124 e. The van der Waals surface area contributed by atoms with Gasteiger partial charge in [-0.3, -0.25) is 0 Å². The van der Waals surface area contributed by atoms with E-state index in [1.165, 1.54) is 0 Å². The summed E-state index contributed by atoms with van der Waals surface area (Å²) in [5, 5.41) is 12.7. The maximum absolute atomic E-state index is 9.41. The highest BCUT2D eigenvalue weighted by molar-refractivity contribution is 5.49. The number of anilines is 1. The normalized spacial score (nSPS) is 9.89. The van der Waals surface area contributed by atoms with Gasteiger partial charge in [0.25, 0.3) is 0 Å². The average Bonchev–Trinajstić information content (AvgIpc) is 2.44. The second-order valence-corrected chi connectivity index (χ2v) is 4.11. The number of hydrogen-bond donors (Lipinski definition) is 2. The number of ether oxygens (including phenoxy) is 1. The van der Waals surface area contributed by atoms with Gasteiger partial charge >= 0.3 is 0 Å². The molecule has 0 saturated heterocycles. The first kappa shape index (κ1) is 13.0. The molecule has 0 aliphatic carbocycles. The van der Waals surface area contributed by atoms with E-state index < -0.39 is 0 Å².